The molecule has 182 valence electrons. The Morgan fingerprint density at radius 3 is 2.42 bits per heavy atom. The Bertz CT molecular complexity index is 1400. The van der Waals surface area contributed by atoms with Crippen LogP contribution < -0.4 is 10.6 Å². The molecule has 0 aliphatic rings. The largest absolute Gasteiger partial charge is 0.325 e. The van der Waals surface area contributed by atoms with Gasteiger partial charge in [0.25, 0.3) is 5.91 Å². The molecule has 0 bridgehead atoms. The molecule has 0 aliphatic carbocycles. The van der Waals surface area contributed by atoms with Crippen LogP contribution in [-0.2, 0) is 0 Å². The van der Waals surface area contributed by atoms with Crippen LogP contribution in [0.5, 0.6) is 0 Å². The molecule has 1 amide bonds. The summed E-state index contributed by atoms with van der Waals surface area (Å²) in [6.45, 7) is 1.75. The molecule has 0 spiro atoms. The van der Waals surface area contributed by atoms with Crippen LogP contribution in [0.15, 0.2) is 89.3 Å². The number of rotatable bonds is 5. The van der Waals surface area contributed by atoms with Gasteiger partial charge in [0.1, 0.15) is 23.3 Å². The fraction of sp³-hybridized carbons (Fsp3) is 0.0741. The van der Waals surface area contributed by atoms with Crippen molar-refractivity contribution in [1.29, 1.82) is 5.41 Å². The second kappa shape index (κ2) is 12.4. The van der Waals surface area contributed by atoms with Gasteiger partial charge in [0, 0.05) is 28.3 Å². The molecule has 9 heteroatoms. The molecule has 0 aliphatic heterocycles. The molecule has 3 rings (SSSR count). The second-order valence-electron chi connectivity index (χ2n) is 7.38. The number of hydrogen-bond acceptors (Lipinski definition) is 2. The van der Waals surface area contributed by atoms with Crippen LogP contribution in [0.2, 0.25) is 5.02 Å². The molecule has 0 radical (unpaired) electrons. The zero-order valence-electron chi connectivity index (χ0n) is 19.0. The molecule has 5 nitrogen and oxygen atoms in total. The lowest BCUT2D eigenvalue weighted by molar-refractivity contribution is 0.100. The minimum Gasteiger partial charge on any atom is -0.325 e. The maximum Gasteiger partial charge on any atom is 0.280 e. The van der Waals surface area contributed by atoms with Gasteiger partial charge in [-0.2, -0.15) is 4.99 Å². The minimum atomic E-state index is -0.803. The first kappa shape index (κ1) is 26.3. The molecule has 0 heterocycles. The van der Waals surface area contributed by atoms with Gasteiger partial charge in [-0.05, 0) is 67.1 Å². The number of carbonyl (C=O) groups excluding carboxylic acids is 1. The van der Waals surface area contributed by atoms with Crippen LogP contribution >= 0.6 is 11.6 Å². The SMILES string of the molecule is CC=C=C=C(CC(=N)NC(=NC(=O)c1cccc(F)c1)Nc1cc(F)cc(Cl)c1)c1ccc(F)cc1. The van der Waals surface area contributed by atoms with Gasteiger partial charge in [-0.25, -0.2) is 13.2 Å². The molecule has 3 N–H and O–H groups in total. The molecule has 0 saturated heterocycles. The molecule has 3 aromatic rings. The Balaban J connectivity index is 1.91. The highest BCUT2D eigenvalue weighted by Crippen LogP contribution is 2.19. The van der Waals surface area contributed by atoms with Crippen molar-refractivity contribution < 1.29 is 18.0 Å². The normalized spacial score (nSPS) is 10.6. The van der Waals surface area contributed by atoms with E-state index in [1.54, 1.807) is 13.0 Å². The Kier molecular flexibility index (Phi) is 9.03. The number of hydrogen-bond donors (Lipinski definition) is 3. The zero-order valence-corrected chi connectivity index (χ0v) is 19.8. The summed E-state index contributed by atoms with van der Waals surface area (Å²) in [6, 6.07) is 14.2. The summed E-state index contributed by atoms with van der Waals surface area (Å²) in [5, 5.41) is 13.9. The smallest absolute Gasteiger partial charge is 0.280 e. The fourth-order valence-corrected chi connectivity index (χ4v) is 3.25. The molecule has 0 saturated carbocycles. The highest BCUT2D eigenvalue weighted by molar-refractivity contribution is 6.31. The Hall–Kier alpha value is -4.35. The first-order chi connectivity index (χ1) is 17.2. The number of carbonyl (C=O) groups is 1. The van der Waals surface area contributed by atoms with E-state index < -0.39 is 23.4 Å². The number of benzene rings is 3. The van der Waals surface area contributed by atoms with Crippen molar-refractivity contribution in [3.63, 3.8) is 0 Å². The van der Waals surface area contributed by atoms with Crippen molar-refractivity contribution in [1.82, 2.24) is 5.32 Å². The van der Waals surface area contributed by atoms with Crippen LogP contribution in [-0.4, -0.2) is 17.7 Å². The van der Waals surface area contributed by atoms with Gasteiger partial charge in [-0.1, -0.05) is 41.3 Å². The number of amides is 1. The predicted molar refractivity (Wildman–Crippen MR) is 136 cm³/mol. The topological polar surface area (TPSA) is 77.3 Å². The third kappa shape index (κ3) is 7.86. The number of anilines is 1. The second-order valence-corrected chi connectivity index (χ2v) is 7.82. The molecule has 36 heavy (non-hydrogen) atoms. The van der Waals surface area contributed by atoms with Gasteiger partial charge in [-0.15, -0.1) is 0 Å². The van der Waals surface area contributed by atoms with Gasteiger partial charge in [0.15, 0.2) is 0 Å². The summed E-state index contributed by atoms with van der Waals surface area (Å²) >= 11 is 5.92. The maximum absolute atomic E-state index is 13.8. The summed E-state index contributed by atoms with van der Waals surface area (Å²) in [7, 11) is 0. The quantitative estimate of drug-likeness (QED) is 0.203. The highest BCUT2D eigenvalue weighted by atomic mass is 35.5. The summed E-state index contributed by atoms with van der Waals surface area (Å²) < 4.78 is 40.8. The first-order valence-electron chi connectivity index (χ1n) is 10.6. The van der Waals surface area contributed by atoms with E-state index in [2.05, 4.69) is 27.1 Å². The summed E-state index contributed by atoms with van der Waals surface area (Å²) in [4.78, 5) is 16.6. The number of nitrogens with zero attached hydrogens (tertiary/aromatic N) is 1. The summed E-state index contributed by atoms with van der Waals surface area (Å²) in [5.41, 5.74) is 6.98. The van der Waals surface area contributed by atoms with Crippen LogP contribution in [0, 0.1) is 22.9 Å². The molecule has 0 aromatic heterocycles. The zero-order chi connectivity index (χ0) is 26.1. The van der Waals surface area contributed by atoms with Crippen molar-refractivity contribution in [2.75, 3.05) is 5.32 Å². The predicted octanol–water partition coefficient (Wildman–Crippen LogP) is 6.74. The lowest BCUT2D eigenvalue weighted by Crippen LogP contribution is -2.36. The Morgan fingerprint density at radius 2 is 1.75 bits per heavy atom. The summed E-state index contributed by atoms with van der Waals surface area (Å²) in [5.74, 6) is -2.81. The van der Waals surface area contributed by atoms with Crippen LogP contribution in [0.25, 0.3) is 5.57 Å². The van der Waals surface area contributed by atoms with E-state index in [0.717, 1.165) is 18.2 Å². The average Bonchev–Trinajstić information content (AvgIpc) is 2.81. The lowest BCUT2D eigenvalue weighted by Gasteiger charge is -2.14. The Labute approximate surface area is 210 Å². The monoisotopic (exact) mass is 508 g/mol. The highest BCUT2D eigenvalue weighted by Gasteiger charge is 2.13. The third-order valence-electron chi connectivity index (χ3n) is 4.59. The third-order valence-corrected chi connectivity index (χ3v) is 4.81. The number of guanidine groups is 1. The standard InChI is InChI=1S/C27H20ClF3N4O/c1-2-3-5-18(17-8-10-21(29)11-9-17)13-25(32)34-27(33-24-15-20(28)14-23(31)16-24)35-26(36)19-6-4-7-22(30)12-19/h2,4,6-12,14-16H,13H2,1H3,(H3,32,33,34,35,36). The van der Waals surface area contributed by atoms with Crippen LogP contribution in [0.3, 0.4) is 0 Å². The van der Waals surface area contributed by atoms with E-state index in [-0.39, 0.29) is 34.5 Å². The molecule has 0 unspecified atom stereocenters. The van der Waals surface area contributed by atoms with Crippen LogP contribution in [0.1, 0.15) is 29.3 Å². The van der Waals surface area contributed by atoms with Gasteiger partial charge in [-0.3, -0.25) is 10.2 Å². The van der Waals surface area contributed by atoms with E-state index in [1.165, 1.54) is 48.5 Å². The van der Waals surface area contributed by atoms with E-state index in [4.69, 9.17) is 17.0 Å². The first-order valence-corrected chi connectivity index (χ1v) is 11.0. The van der Waals surface area contributed by atoms with Gasteiger partial charge in [0.05, 0.1) is 0 Å². The van der Waals surface area contributed by atoms with Crippen molar-refractivity contribution in [2.24, 2.45) is 4.99 Å². The van der Waals surface area contributed by atoms with Gasteiger partial charge < -0.3 is 10.6 Å². The molecule has 0 fully saturated rings. The van der Waals surface area contributed by atoms with Crippen molar-refractivity contribution in [3.8, 4) is 0 Å². The van der Waals surface area contributed by atoms with Crippen molar-refractivity contribution >= 4 is 40.6 Å². The number of amidine groups is 1. The number of nitrogens with one attached hydrogen (secondary N) is 3. The number of aliphatic imine (C=N–C) groups is 1. The van der Waals surface area contributed by atoms with E-state index in [1.807, 2.05) is 0 Å². The number of allylic oxidation sites excluding steroid dienone is 1. The maximum atomic E-state index is 13.8. The average molecular weight is 509 g/mol. The van der Waals surface area contributed by atoms with E-state index >= 15 is 0 Å². The van der Waals surface area contributed by atoms with E-state index in [0.29, 0.717) is 11.1 Å². The Morgan fingerprint density at radius 1 is 1.00 bits per heavy atom. The fourth-order valence-electron chi connectivity index (χ4n) is 3.03. The minimum absolute atomic E-state index is 0.0226. The van der Waals surface area contributed by atoms with Crippen molar-refractivity contribution in [3.05, 3.63) is 118 Å². The van der Waals surface area contributed by atoms with Gasteiger partial charge in [0.2, 0.25) is 5.96 Å². The summed E-state index contributed by atoms with van der Waals surface area (Å²) in [6.07, 6.45) is 1.60. The lowest BCUT2D eigenvalue weighted by atomic mass is 10.0. The molecule has 3 aromatic carbocycles. The van der Waals surface area contributed by atoms with Gasteiger partial charge >= 0.3 is 0 Å². The molecular formula is C27H20ClF3N4O. The van der Waals surface area contributed by atoms with Crippen LogP contribution in [0.4, 0.5) is 18.9 Å². The van der Waals surface area contributed by atoms with E-state index in [9.17, 15) is 18.0 Å². The molecular weight excluding hydrogens is 489 g/mol. The van der Waals surface area contributed by atoms with Crippen molar-refractivity contribution in [2.45, 2.75) is 13.3 Å². The molecule has 0 atom stereocenters. The number of halogens is 4.